The minimum atomic E-state index is -0.449. The first kappa shape index (κ1) is 16.4. The van der Waals surface area contributed by atoms with Gasteiger partial charge in [0.05, 0.1) is 0 Å². The lowest BCUT2D eigenvalue weighted by atomic mass is 10.2. The molecule has 4 nitrogen and oxygen atoms in total. The molecule has 0 bridgehead atoms. The van der Waals surface area contributed by atoms with E-state index in [2.05, 4.69) is 34.2 Å². The summed E-state index contributed by atoms with van der Waals surface area (Å²) in [6.07, 6.45) is 3.38. The summed E-state index contributed by atoms with van der Waals surface area (Å²) in [5, 5.41) is 0. The van der Waals surface area contributed by atoms with Gasteiger partial charge in [-0.05, 0) is 70.6 Å². The van der Waals surface area contributed by atoms with Crippen LogP contribution in [-0.2, 0) is 9.53 Å². The van der Waals surface area contributed by atoms with Crippen LogP contribution >= 0.6 is 22.6 Å². The summed E-state index contributed by atoms with van der Waals surface area (Å²) < 4.78 is 11.8. The maximum Gasteiger partial charge on any atom is 0.363 e. The van der Waals surface area contributed by atoms with E-state index in [9.17, 15) is 4.79 Å². The number of halogens is 1. The second-order valence-electron chi connectivity index (χ2n) is 5.01. The molecule has 1 aliphatic heterocycles. The van der Waals surface area contributed by atoms with Crippen LogP contribution in [0.5, 0.6) is 5.75 Å². The molecular weight excluding hydrogens is 417 g/mol. The molecule has 1 aliphatic rings. The van der Waals surface area contributed by atoms with Crippen LogP contribution in [0.25, 0.3) is 6.08 Å². The summed E-state index contributed by atoms with van der Waals surface area (Å²) in [6.45, 7) is 4.06. The second-order valence-corrected chi connectivity index (χ2v) is 6.26. The molecule has 3 rings (SSSR count). The molecule has 0 unspecified atom stereocenters. The number of hydrogen-bond donors (Lipinski definition) is 0. The predicted octanol–water partition coefficient (Wildman–Crippen LogP) is 4.20. The van der Waals surface area contributed by atoms with Gasteiger partial charge in [0, 0.05) is 9.13 Å². The van der Waals surface area contributed by atoms with Gasteiger partial charge in [-0.25, -0.2) is 9.79 Å². The van der Waals surface area contributed by atoms with Crippen LogP contribution in [0.4, 0.5) is 0 Å². The third-order valence-electron chi connectivity index (χ3n) is 3.26. The number of carbonyl (C=O) groups is 1. The van der Waals surface area contributed by atoms with E-state index in [1.165, 1.54) is 0 Å². The van der Waals surface area contributed by atoms with Crippen LogP contribution in [0.1, 0.15) is 11.1 Å². The Kier molecular flexibility index (Phi) is 5.10. The Morgan fingerprint density at radius 3 is 2.50 bits per heavy atom. The van der Waals surface area contributed by atoms with Crippen LogP contribution in [0, 0.1) is 3.57 Å². The minimum absolute atomic E-state index is 0.281. The lowest BCUT2D eigenvalue weighted by Gasteiger charge is -2.02. The van der Waals surface area contributed by atoms with Gasteiger partial charge >= 0.3 is 5.97 Å². The number of aliphatic imine (C=N–C) groups is 1. The molecule has 0 aromatic heterocycles. The molecule has 24 heavy (non-hydrogen) atoms. The van der Waals surface area contributed by atoms with Gasteiger partial charge in [-0.3, -0.25) is 0 Å². The minimum Gasteiger partial charge on any atom is -0.490 e. The first-order chi connectivity index (χ1) is 11.7. The highest BCUT2D eigenvalue weighted by atomic mass is 127. The summed E-state index contributed by atoms with van der Waals surface area (Å²) >= 11 is 2.22. The number of ether oxygens (including phenoxy) is 2. The van der Waals surface area contributed by atoms with E-state index in [0.717, 1.165) is 20.4 Å². The number of esters is 1. The van der Waals surface area contributed by atoms with Crippen molar-refractivity contribution in [1.29, 1.82) is 0 Å². The molecule has 1 heterocycles. The fourth-order valence-electron chi connectivity index (χ4n) is 2.10. The SMILES string of the molecule is C=CCOc1ccc(/C=C2\N=C(c3ccc(I)cc3)OC2=O)cc1. The maximum absolute atomic E-state index is 12.0. The zero-order valence-corrected chi connectivity index (χ0v) is 14.9. The van der Waals surface area contributed by atoms with Crippen molar-refractivity contribution in [2.24, 2.45) is 4.99 Å². The number of benzene rings is 2. The van der Waals surface area contributed by atoms with Crippen LogP contribution in [-0.4, -0.2) is 18.5 Å². The second kappa shape index (κ2) is 7.44. The van der Waals surface area contributed by atoms with Gasteiger partial charge in [-0.2, -0.15) is 0 Å². The summed E-state index contributed by atoms with van der Waals surface area (Å²) in [6, 6.07) is 15.0. The van der Waals surface area contributed by atoms with Crippen molar-refractivity contribution >= 4 is 40.5 Å². The van der Waals surface area contributed by atoms with Gasteiger partial charge in [0.1, 0.15) is 12.4 Å². The fraction of sp³-hybridized carbons (Fsp3) is 0.0526. The number of carbonyl (C=O) groups excluding carboxylic acids is 1. The number of nitrogens with zero attached hydrogens (tertiary/aromatic N) is 1. The van der Waals surface area contributed by atoms with Crippen molar-refractivity contribution in [2.75, 3.05) is 6.61 Å². The number of hydrogen-bond acceptors (Lipinski definition) is 4. The normalized spacial score (nSPS) is 15.1. The molecule has 0 saturated heterocycles. The van der Waals surface area contributed by atoms with Crippen molar-refractivity contribution in [3.05, 3.63) is 81.6 Å². The Morgan fingerprint density at radius 2 is 1.83 bits per heavy atom. The first-order valence-corrected chi connectivity index (χ1v) is 8.36. The highest BCUT2D eigenvalue weighted by Gasteiger charge is 2.23. The van der Waals surface area contributed by atoms with E-state index < -0.39 is 5.97 Å². The molecule has 0 N–H and O–H groups in total. The summed E-state index contributed by atoms with van der Waals surface area (Å²) in [7, 11) is 0. The molecule has 5 heteroatoms. The van der Waals surface area contributed by atoms with Crippen molar-refractivity contribution in [1.82, 2.24) is 0 Å². The van der Waals surface area contributed by atoms with Gasteiger partial charge in [0.2, 0.25) is 5.90 Å². The lowest BCUT2D eigenvalue weighted by molar-refractivity contribution is -0.129. The molecular formula is C19H14INO3. The van der Waals surface area contributed by atoms with Gasteiger partial charge < -0.3 is 9.47 Å². The van der Waals surface area contributed by atoms with E-state index in [4.69, 9.17) is 9.47 Å². The van der Waals surface area contributed by atoms with Gasteiger partial charge in [-0.1, -0.05) is 24.8 Å². The molecule has 2 aromatic carbocycles. The molecule has 0 fully saturated rings. The number of rotatable bonds is 5. The average Bonchev–Trinajstić information content (AvgIpc) is 2.95. The standard InChI is InChI=1S/C19H14INO3/c1-2-11-23-16-9-3-13(4-10-16)12-17-19(22)24-18(21-17)14-5-7-15(20)8-6-14/h2-10,12H,1,11H2/b17-12-. The molecule has 0 spiro atoms. The lowest BCUT2D eigenvalue weighted by Crippen LogP contribution is -2.05. The van der Waals surface area contributed by atoms with E-state index in [1.54, 1.807) is 12.2 Å². The predicted molar refractivity (Wildman–Crippen MR) is 102 cm³/mol. The Balaban J connectivity index is 1.80. The first-order valence-electron chi connectivity index (χ1n) is 7.28. The van der Waals surface area contributed by atoms with Crippen LogP contribution in [0.3, 0.4) is 0 Å². The topological polar surface area (TPSA) is 47.9 Å². The zero-order chi connectivity index (χ0) is 16.9. The third kappa shape index (κ3) is 3.91. The van der Waals surface area contributed by atoms with Crippen molar-refractivity contribution < 1.29 is 14.3 Å². The van der Waals surface area contributed by atoms with E-state index >= 15 is 0 Å². The highest BCUT2D eigenvalue weighted by Crippen LogP contribution is 2.21. The fourth-order valence-corrected chi connectivity index (χ4v) is 2.46. The van der Waals surface area contributed by atoms with E-state index in [1.807, 2.05) is 48.5 Å². The van der Waals surface area contributed by atoms with Crippen LogP contribution in [0.15, 0.2) is 71.9 Å². The Bertz CT molecular complexity index is 821. The van der Waals surface area contributed by atoms with Crippen molar-refractivity contribution in [2.45, 2.75) is 0 Å². The quantitative estimate of drug-likeness (QED) is 0.309. The number of cyclic esters (lactones) is 1. The Hall–Kier alpha value is -2.41. The molecule has 0 radical (unpaired) electrons. The van der Waals surface area contributed by atoms with Gasteiger partial charge in [-0.15, -0.1) is 0 Å². The summed E-state index contributed by atoms with van der Waals surface area (Å²) in [5.74, 6) is 0.623. The Labute approximate surface area is 153 Å². The average molecular weight is 431 g/mol. The molecule has 0 saturated carbocycles. The summed E-state index contributed by atoms with van der Waals surface area (Å²) in [5.41, 5.74) is 1.91. The molecule has 0 amide bonds. The molecule has 0 aliphatic carbocycles. The zero-order valence-electron chi connectivity index (χ0n) is 12.7. The van der Waals surface area contributed by atoms with Crippen molar-refractivity contribution in [3.63, 3.8) is 0 Å². The smallest absolute Gasteiger partial charge is 0.363 e. The van der Waals surface area contributed by atoms with Crippen molar-refractivity contribution in [3.8, 4) is 5.75 Å². The Morgan fingerprint density at radius 1 is 1.12 bits per heavy atom. The van der Waals surface area contributed by atoms with E-state index in [-0.39, 0.29) is 5.70 Å². The summed E-state index contributed by atoms with van der Waals surface area (Å²) in [4.78, 5) is 16.3. The molecule has 0 atom stereocenters. The van der Waals surface area contributed by atoms with Gasteiger partial charge in [0.15, 0.2) is 5.70 Å². The molecule has 120 valence electrons. The maximum atomic E-state index is 12.0. The van der Waals surface area contributed by atoms with Crippen LogP contribution < -0.4 is 4.74 Å². The van der Waals surface area contributed by atoms with Gasteiger partial charge in [0.25, 0.3) is 0 Å². The largest absolute Gasteiger partial charge is 0.490 e. The van der Waals surface area contributed by atoms with E-state index in [0.29, 0.717) is 12.5 Å². The third-order valence-corrected chi connectivity index (χ3v) is 3.98. The van der Waals surface area contributed by atoms with Crippen LogP contribution in [0.2, 0.25) is 0 Å². The monoisotopic (exact) mass is 431 g/mol. The molecule has 2 aromatic rings. The highest BCUT2D eigenvalue weighted by molar-refractivity contribution is 14.1.